The predicted octanol–water partition coefficient (Wildman–Crippen LogP) is 3.65. The summed E-state index contributed by atoms with van der Waals surface area (Å²) in [4.78, 5) is 5.61. The standard InChI is InChI=1S/C15H14N2S/c1-10-13(6-8-18-10)15(16)12-4-5-14-11(9-12)3-2-7-17-14/h2-9,15H,16H2,1H3. The third kappa shape index (κ3) is 1.92. The van der Waals surface area contributed by atoms with E-state index in [9.17, 15) is 0 Å². The van der Waals surface area contributed by atoms with Crippen LogP contribution in [0.15, 0.2) is 48.0 Å². The first-order chi connectivity index (χ1) is 8.75. The summed E-state index contributed by atoms with van der Waals surface area (Å²) >= 11 is 1.74. The number of rotatable bonds is 2. The molecule has 3 rings (SSSR count). The smallest absolute Gasteiger partial charge is 0.0702 e. The number of fused-ring (bicyclic) bond motifs is 1. The van der Waals surface area contributed by atoms with E-state index in [1.165, 1.54) is 10.4 Å². The summed E-state index contributed by atoms with van der Waals surface area (Å²) in [5.41, 5.74) is 9.70. The SMILES string of the molecule is Cc1sccc1C(N)c1ccc2ncccc2c1. The zero-order chi connectivity index (χ0) is 12.5. The Labute approximate surface area is 110 Å². The molecule has 0 bridgehead atoms. The lowest BCUT2D eigenvalue weighted by molar-refractivity contribution is 0.871. The van der Waals surface area contributed by atoms with Gasteiger partial charge >= 0.3 is 0 Å². The molecule has 1 unspecified atom stereocenters. The van der Waals surface area contributed by atoms with E-state index < -0.39 is 0 Å². The van der Waals surface area contributed by atoms with Gasteiger partial charge in [0.25, 0.3) is 0 Å². The molecule has 0 saturated carbocycles. The maximum absolute atomic E-state index is 6.34. The van der Waals surface area contributed by atoms with Crippen LogP contribution in [-0.4, -0.2) is 4.98 Å². The van der Waals surface area contributed by atoms with Crippen LogP contribution in [0.5, 0.6) is 0 Å². The van der Waals surface area contributed by atoms with Gasteiger partial charge in [0.2, 0.25) is 0 Å². The number of nitrogens with zero attached hydrogens (tertiary/aromatic N) is 1. The van der Waals surface area contributed by atoms with Crippen LogP contribution >= 0.6 is 11.3 Å². The van der Waals surface area contributed by atoms with E-state index in [0.717, 1.165) is 16.5 Å². The summed E-state index contributed by atoms with van der Waals surface area (Å²) in [6.45, 7) is 2.11. The molecule has 1 atom stereocenters. The summed E-state index contributed by atoms with van der Waals surface area (Å²) in [5.74, 6) is 0. The van der Waals surface area contributed by atoms with Crippen molar-refractivity contribution in [3.05, 3.63) is 64.0 Å². The number of aryl methyl sites for hydroxylation is 1. The van der Waals surface area contributed by atoms with Crippen molar-refractivity contribution in [1.29, 1.82) is 0 Å². The summed E-state index contributed by atoms with van der Waals surface area (Å²) in [5, 5.41) is 3.23. The van der Waals surface area contributed by atoms with E-state index in [1.54, 1.807) is 11.3 Å². The maximum atomic E-state index is 6.34. The molecule has 0 fully saturated rings. The highest BCUT2D eigenvalue weighted by Gasteiger charge is 2.12. The van der Waals surface area contributed by atoms with Crippen molar-refractivity contribution < 1.29 is 0 Å². The summed E-state index contributed by atoms with van der Waals surface area (Å²) < 4.78 is 0. The number of pyridine rings is 1. The highest BCUT2D eigenvalue weighted by atomic mass is 32.1. The van der Waals surface area contributed by atoms with E-state index in [0.29, 0.717) is 0 Å². The Bertz CT molecular complexity index is 688. The molecular formula is C15H14N2S. The molecule has 3 heteroatoms. The second-order valence-corrected chi connectivity index (χ2v) is 5.49. The van der Waals surface area contributed by atoms with Crippen LogP contribution in [0.3, 0.4) is 0 Å². The first-order valence-corrected chi connectivity index (χ1v) is 6.78. The van der Waals surface area contributed by atoms with E-state index >= 15 is 0 Å². The van der Waals surface area contributed by atoms with Crippen LogP contribution in [-0.2, 0) is 0 Å². The number of thiophene rings is 1. The topological polar surface area (TPSA) is 38.9 Å². The third-order valence-electron chi connectivity index (χ3n) is 3.22. The average Bonchev–Trinajstić information content (AvgIpc) is 2.83. The van der Waals surface area contributed by atoms with Crippen LogP contribution in [0.1, 0.15) is 22.0 Å². The lowest BCUT2D eigenvalue weighted by Crippen LogP contribution is -2.11. The molecule has 0 aliphatic carbocycles. The summed E-state index contributed by atoms with van der Waals surface area (Å²) in [6, 6.07) is 12.3. The molecule has 1 aromatic carbocycles. The van der Waals surface area contributed by atoms with Crippen molar-refractivity contribution in [2.24, 2.45) is 5.73 Å². The largest absolute Gasteiger partial charge is 0.320 e. The molecule has 0 aliphatic heterocycles. The highest BCUT2D eigenvalue weighted by molar-refractivity contribution is 7.10. The van der Waals surface area contributed by atoms with Crippen molar-refractivity contribution in [3.8, 4) is 0 Å². The van der Waals surface area contributed by atoms with Crippen LogP contribution < -0.4 is 5.73 Å². The van der Waals surface area contributed by atoms with E-state index in [1.807, 2.05) is 18.3 Å². The van der Waals surface area contributed by atoms with Gasteiger partial charge in [0.1, 0.15) is 0 Å². The lowest BCUT2D eigenvalue weighted by atomic mass is 9.99. The quantitative estimate of drug-likeness (QED) is 0.758. The molecule has 90 valence electrons. The fourth-order valence-electron chi connectivity index (χ4n) is 2.18. The molecule has 2 aromatic heterocycles. The van der Waals surface area contributed by atoms with Crippen molar-refractivity contribution in [2.75, 3.05) is 0 Å². The van der Waals surface area contributed by atoms with Gasteiger partial charge in [0, 0.05) is 16.5 Å². The zero-order valence-electron chi connectivity index (χ0n) is 10.1. The molecular weight excluding hydrogens is 240 g/mol. The van der Waals surface area contributed by atoms with E-state index in [-0.39, 0.29) is 6.04 Å². The van der Waals surface area contributed by atoms with E-state index in [2.05, 4.69) is 41.6 Å². The average molecular weight is 254 g/mol. The molecule has 2 N–H and O–H groups in total. The van der Waals surface area contributed by atoms with Gasteiger partial charge in [0.15, 0.2) is 0 Å². The van der Waals surface area contributed by atoms with Crippen LogP contribution in [0.25, 0.3) is 10.9 Å². The third-order valence-corrected chi connectivity index (χ3v) is 4.08. The minimum atomic E-state index is -0.0548. The van der Waals surface area contributed by atoms with Crippen molar-refractivity contribution >= 4 is 22.2 Å². The zero-order valence-corrected chi connectivity index (χ0v) is 10.9. The van der Waals surface area contributed by atoms with Gasteiger partial charge < -0.3 is 5.73 Å². The van der Waals surface area contributed by atoms with Crippen molar-refractivity contribution in [2.45, 2.75) is 13.0 Å². The number of hydrogen-bond donors (Lipinski definition) is 1. The number of benzene rings is 1. The van der Waals surface area contributed by atoms with Crippen molar-refractivity contribution in [3.63, 3.8) is 0 Å². The van der Waals surface area contributed by atoms with Gasteiger partial charge in [-0.1, -0.05) is 12.1 Å². The molecule has 2 nitrogen and oxygen atoms in total. The molecule has 0 aliphatic rings. The predicted molar refractivity (Wildman–Crippen MR) is 76.8 cm³/mol. The monoisotopic (exact) mass is 254 g/mol. The van der Waals surface area contributed by atoms with Gasteiger partial charge in [-0.3, -0.25) is 4.98 Å². The minimum absolute atomic E-state index is 0.0548. The van der Waals surface area contributed by atoms with Gasteiger partial charge in [-0.25, -0.2) is 0 Å². The Hall–Kier alpha value is -1.71. The first kappa shape index (κ1) is 11.4. The first-order valence-electron chi connectivity index (χ1n) is 5.90. The van der Waals surface area contributed by atoms with Crippen LogP contribution in [0, 0.1) is 6.92 Å². The fourth-order valence-corrected chi connectivity index (χ4v) is 2.93. The molecule has 0 amide bonds. The van der Waals surface area contributed by atoms with E-state index in [4.69, 9.17) is 5.73 Å². The Morgan fingerprint density at radius 3 is 2.89 bits per heavy atom. The van der Waals surface area contributed by atoms with Crippen LogP contribution in [0.4, 0.5) is 0 Å². The normalized spacial score (nSPS) is 12.8. The second-order valence-electron chi connectivity index (χ2n) is 4.37. The number of aromatic nitrogens is 1. The maximum Gasteiger partial charge on any atom is 0.0702 e. The highest BCUT2D eigenvalue weighted by Crippen LogP contribution is 2.27. The molecule has 18 heavy (non-hydrogen) atoms. The van der Waals surface area contributed by atoms with Gasteiger partial charge in [-0.05, 0) is 47.7 Å². The molecule has 2 heterocycles. The molecule has 3 aromatic rings. The minimum Gasteiger partial charge on any atom is -0.320 e. The second kappa shape index (κ2) is 4.52. The fraction of sp³-hybridized carbons (Fsp3) is 0.133. The van der Waals surface area contributed by atoms with Crippen molar-refractivity contribution in [1.82, 2.24) is 4.98 Å². The molecule has 0 radical (unpaired) electrons. The lowest BCUT2D eigenvalue weighted by Gasteiger charge is -2.12. The van der Waals surface area contributed by atoms with Gasteiger partial charge in [-0.2, -0.15) is 0 Å². The molecule has 0 spiro atoms. The Morgan fingerprint density at radius 1 is 1.22 bits per heavy atom. The van der Waals surface area contributed by atoms with Gasteiger partial charge in [0.05, 0.1) is 11.6 Å². The Kier molecular flexibility index (Phi) is 2.86. The number of hydrogen-bond acceptors (Lipinski definition) is 3. The summed E-state index contributed by atoms with van der Waals surface area (Å²) in [6.07, 6.45) is 1.81. The summed E-state index contributed by atoms with van der Waals surface area (Å²) in [7, 11) is 0. The number of nitrogens with two attached hydrogens (primary N) is 1. The Balaban J connectivity index is 2.07. The van der Waals surface area contributed by atoms with Crippen LogP contribution in [0.2, 0.25) is 0 Å². The van der Waals surface area contributed by atoms with Gasteiger partial charge in [-0.15, -0.1) is 11.3 Å². The molecule has 0 saturated heterocycles. The Morgan fingerprint density at radius 2 is 2.11 bits per heavy atom.